The molecule has 0 spiro atoms. The number of anilines is 3. The van der Waals surface area contributed by atoms with Gasteiger partial charge in [-0.1, -0.05) is 23.7 Å². The largest absolute Gasteiger partial charge is 0.310 e. The van der Waals surface area contributed by atoms with Gasteiger partial charge in [-0.3, -0.25) is 9.48 Å². The van der Waals surface area contributed by atoms with E-state index in [0.29, 0.717) is 40.9 Å². The summed E-state index contributed by atoms with van der Waals surface area (Å²) in [6.07, 6.45) is 4.28. The van der Waals surface area contributed by atoms with E-state index in [2.05, 4.69) is 26.5 Å². The Morgan fingerprint density at radius 2 is 2.00 bits per heavy atom. The van der Waals surface area contributed by atoms with Crippen LogP contribution in [0.5, 0.6) is 0 Å². The molecular weight excluding hydrogens is 450 g/mol. The first-order valence-electron chi connectivity index (χ1n) is 10.7. The van der Waals surface area contributed by atoms with Crippen LogP contribution in [0.3, 0.4) is 0 Å². The number of hydrogen-bond donors (Lipinski definition) is 1. The fraction of sp³-hybridized carbons (Fsp3) is 0.160. The number of carbonyl (C=O) groups is 1. The number of fused-ring (bicyclic) bond motifs is 1. The monoisotopic (exact) mass is 469 g/mol. The molecule has 0 saturated heterocycles. The van der Waals surface area contributed by atoms with E-state index in [1.165, 1.54) is 0 Å². The molecule has 2 aromatic carbocycles. The van der Waals surface area contributed by atoms with Gasteiger partial charge in [0.15, 0.2) is 0 Å². The smallest absolute Gasteiger partial charge is 0.231 e. The number of nitriles is 1. The van der Waals surface area contributed by atoms with Crippen LogP contribution in [-0.2, 0) is 24.7 Å². The Morgan fingerprint density at radius 1 is 1.18 bits per heavy atom. The third-order valence-electron chi connectivity index (χ3n) is 5.77. The molecule has 4 aromatic rings. The van der Waals surface area contributed by atoms with Gasteiger partial charge in [0.2, 0.25) is 11.9 Å². The van der Waals surface area contributed by atoms with Crippen molar-refractivity contribution >= 4 is 35.0 Å². The van der Waals surface area contributed by atoms with Gasteiger partial charge >= 0.3 is 0 Å². The molecule has 168 valence electrons. The molecule has 0 atom stereocenters. The van der Waals surface area contributed by atoms with E-state index in [1.54, 1.807) is 46.2 Å². The summed E-state index contributed by atoms with van der Waals surface area (Å²) >= 11 is 5.95. The second kappa shape index (κ2) is 8.96. The lowest BCUT2D eigenvalue weighted by Crippen LogP contribution is -2.30. The van der Waals surface area contributed by atoms with Gasteiger partial charge < -0.3 is 10.2 Å². The lowest BCUT2D eigenvalue weighted by molar-refractivity contribution is -0.117. The molecule has 3 heterocycles. The van der Waals surface area contributed by atoms with Crippen LogP contribution in [0.2, 0.25) is 5.02 Å². The number of aryl methyl sites for hydroxylation is 1. The molecular formula is C25H20ClN7O. The number of benzene rings is 2. The Morgan fingerprint density at radius 3 is 2.74 bits per heavy atom. The summed E-state index contributed by atoms with van der Waals surface area (Å²) in [5, 5.41) is 17.8. The van der Waals surface area contributed by atoms with Gasteiger partial charge in [0.25, 0.3) is 0 Å². The molecule has 0 bridgehead atoms. The molecule has 0 aliphatic carbocycles. The van der Waals surface area contributed by atoms with E-state index >= 15 is 0 Å². The predicted octanol–water partition coefficient (Wildman–Crippen LogP) is 4.28. The molecule has 1 aliphatic rings. The highest BCUT2D eigenvalue weighted by Crippen LogP contribution is 2.36. The topological polar surface area (TPSA) is 99.7 Å². The number of halogens is 1. The maximum atomic E-state index is 13.1. The molecule has 0 radical (unpaired) electrons. The zero-order valence-corrected chi connectivity index (χ0v) is 19.1. The van der Waals surface area contributed by atoms with Gasteiger partial charge in [-0.25, -0.2) is 9.97 Å². The first-order valence-corrected chi connectivity index (χ1v) is 11.1. The summed E-state index contributed by atoms with van der Waals surface area (Å²) in [6.45, 7) is 0.539. The minimum atomic E-state index is -0.0463. The van der Waals surface area contributed by atoms with Crippen LogP contribution in [0.1, 0.15) is 16.7 Å². The average Bonchev–Trinajstić information content (AvgIpc) is 3.46. The van der Waals surface area contributed by atoms with E-state index in [1.807, 2.05) is 31.3 Å². The van der Waals surface area contributed by atoms with Crippen LogP contribution in [0.25, 0.3) is 11.3 Å². The van der Waals surface area contributed by atoms with E-state index < -0.39 is 0 Å². The van der Waals surface area contributed by atoms with Crippen molar-refractivity contribution in [2.45, 2.75) is 12.8 Å². The molecule has 8 nitrogen and oxygen atoms in total. The normalized spacial score (nSPS) is 12.3. The molecule has 34 heavy (non-hydrogen) atoms. The summed E-state index contributed by atoms with van der Waals surface area (Å²) in [6, 6.07) is 16.9. The number of carbonyl (C=O) groups excluding carboxylic acids is 1. The van der Waals surface area contributed by atoms with Crippen LogP contribution in [-0.4, -0.2) is 32.2 Å². The molecule has 9 heteroatoms. The van der Waals surface area contributed by atoms with Crippen molar-refractivity contribution in [3.63, 3.8) is 0 Å². The molecule has 1 aliphatic heterocycles. The maximum Gasteiger partial charge on any atom is 0.231 e. The minimum absolute atomic E-state index is 0.0463. The zero-order chi connectivity index (χ0) is 23.7. The molecule has 1 N–H and O–H groups in total. The van der Waals surface area contributed by atoms with Gasteiger partial charge in [0, 0.05) is 36.4 Å². The van der Waals surface area contributed by atoms with Crippen molar-refractivity contribution < 1.29 is 4.79 Å². The van der Waals surface area contributed by atoms with Crippen LogP contribution in [0.15, 0.2) is 60.9 Å². The highest BCUT2D eigenvalue weighted by Gasteiger charge is 2.28. The van der Waals surface area contributed by atoms with Crippen LogP contribution in [0.4, 0.5) is 17.5 Å². The number of amides is 1. The Hall–Kier alpha value is -4.22. The second-order valence-corrected chi connectivity index (χ2v) is 8.41. The summed E-state index contributed by atoms with van der Waals surface area (Å²) < 4.78 is 1.69. The highest BCUT2D eigenvalue weighted by molar-refractivity contribution is 6.30. The van der Waals surface area contributed by atoms with E-state index in [4.69, 9.17) is 11.6 Å². The van der Waals surface area contributed by atoms with E-state index in [0.717, 1.165) is 22.5 Å². The number of rotatable bonds is 5. The third-order valence-corrected chi connectivity index (χ3v) is 6.02. The predicted molar refractivity (Wildman–Crippen MR) is 130 cm³/mol. The van der Waals surface area contributed by atoms with Gasteiger partial charge in [0.05, 0.1) is 29.6 Å². The summed E-state index contributed by atoms with van der Waals surface area (Å²) in [5.41, 5.74) is 4.47. The Kier molecular flexibility index (Phi) is 5.70. The first kappa shape index (κ1) is 21.6. The molecule has 5 rings (SSSR count). The van der Waals surface area contributed by atoms with Crippen molar-refractivity contribution in [2.75, 3.05) is 16.8 Å². The van der Waals surface area contributed by atoms with Gasteiger partial charge in [0.1, 0.15) is 11.9 Å². The van der Waals surface area contributed by atoms with Gasteiger partial charge in [-0.2, -0.15) is 10.4 Å². The number of aromatic nitrogens is 4. The number of nitrogens with zero attached hydrogens (tertiary/aromatic N) is 6. The lowest BCUT2D eigenvalue weighted by atomic mass is 10.0. The Bertz CT molecular complexity index is 1420. The van der Waals surface area contributed by atoms with Gasteiger partial charge in [-0.15, -0.1) is 0 Å². The van der Waals surface area contributed by atoms with Crippen molar-refractivity contribution in [1.29, 1.82) is 5.26 Å². The zero-order valence-electron chi connectivity index (χ0n) is 18.4. The fourth-order valence-electron chi connectivity index (χ4n) is 4.09. The van der Waals surface area contributed by atoms with Gasteiger partial charge in [-0.05, 0) is 47.9 Å². The lowest BCUT2D eigenvalue weighted by Gasteiger charge is -2.19. The molecule has 1 amide bonds. The van der Waals surface area contributed by atoms with Crippen molar-refractivity contribution in [3.05, 3.63) is 82.6 Å². The van der Waals surface area contributed by atoms with Crippen molar-refractivity contribution in [3.8, 4) is 17.3 Å². The summed E-state index contributed by atoms with van der Waals surface area (Å²) in [7, 11) is 1.83. The molecule has 2 aromatic heterocycles. The molecule has 0 saturated carbocycles. The van der Waals surface area contributed by atoms with Crippen LogP contribution < -0.4 is 10.2 Å². The van der Waals surface area contributed by atoms with Crippen molar-refractivity contribution in [1.82, 2.24) is 19.7 Å². The molecule has 0 fully saturated rings. The van der Waals surface area contributed by atoms with Crippen LogP contribution in [0, 0.1) is 11.3 Å². The number of hydrogen-bond acceptors (Lipinski definition) is 6. The van der Waals surface area contributed by atoms with Crippen molar-refractivity contribution in [2.24, 2.45) is 7.05 Å². The fourth-order valence-corrected chi connectivity index (χ4v) is 4.22. The quantitative estimate of drug-likeness (QED) is 0.468. The van der Waals surface area contributed by atoms with E-state index in [-0.39, 0.29) is 12.3 Å². The SMILES string of the molecule is Cn1nccc1Nc1nccc(-c2cc(C#N)c3c(c2)CCN3C(=O)Cc2ccc(Cl)cc2)n1. The van der Waals surface area contributed by atoms with Crippen LogP contribution >= 0.6 is 11.6 Å². The van der Waals surface area contributed by atoms with E-state index in [9.17, 15) is 10.1 Å². The average molecular weight is 470 g/mol. The third kappa shape index (κ3) is 4.21. The first-order chi connectivity index (χ1) is 16.5. The second-order valence-electron chi connectivity index (χ2n) is 7.97. The Balaban J connectivity index is 1.43. The maximum absolute atomic E-state index is 13.1. The molecule has 0 unspecified atom stereocenters. The summed E-state index contributed by atoms with van der Waals surface area (Å²) in [4.78, 5) is 23.7. The summed E-state index contributed by atoms with van der Waals surface area (Å²) in [5.74, 6) is 1.15. The standard InChI is InChI=1S/C25H20ClN7O/c1-32-22(7-10-29-32)31-25-28-9-6-21(30-25)18-13-17-8-11-33(24(17)19(14-18)15-27)23(34)12-16-2-4-20(26)5-3-16/h2-7,9-10,13-14H,8,11-12H2,1H3,(H,28,30,31). The number of nitrogens with one attached hydrogen (secondary N) is 1. The Labute approximate surface area is 201 Å². The highest BCUT2D eigenvalue weighted by atomic mass is 35.5. The minimum Gasteiger partial charge on any atom is -0.310 e.